The van der Waals surface area contributed by atoms with Gasteiger partial charge in [0.1, 0.15) is 5.56 Å². The SMILES string of the molecule is Cc1cc(=O)c(C(=O)NN)cn1-c1ccc(F)c(F)c1. The van der Waals surface area contributed by atoms with Crippen LogP contribution in [-0.2, 0) is 0 Å². The summed E-state index contributed by atoms with van der Waals surface area (Å²) >= 11 is 0. The molecule has 7 heteroatoms. The van der Waals surface area contributed by atoms with Crippen LogP contribution in [0.15, 0.2) is 35.3 Å². The fourth-order valence-corrected chi connectivity index (χ4v) is 1.79. The number of carbonyl (C=O) groups excluding carboxylic acids is 1. The topological polar surface area (TPSA) is 77.1 Å². The third-order valence-electron chi connectivity index (χ3n) is 2.80. The second-order valence-corrected chi connectivity index (χ2v) is 4.13. The largest absolute Gasteiger partial charge is 0.320 e. The highest BCUT2D eigenvalue weighted by Gasteiger charge is 2.13. The molecule has 0 saturated carbocycles. The molecule has 104 valence electrons. The number of hydrogen-bond donors (Lipinski definition) is 2. The minimum Gasteiger partial charge on any atom is -0.320 e. The van der Waals surface area contributed by atoms with Gasteiger partial charge in [-0.25, -0.2) is 14.6 Å². The zero-order valence-electron chi connectivity index (χ0n) is 10.5. The van der Waals surface area contributed by atoms with Gasteiger partial charge in [-0.1, -0.05) is 0 Å². The summed E-state index contributed by atoms with van der Waals surface area (Å²) < 4.78 is 27.6. The van der Waals surface area contributed by atoms with Crippen molar-refractivity contribution >= 4 is 5.91 Å². The summed E-state index contributed by atoms with van der Waals surface area (Å²) in [7, 11) is 0. The van der Waals surface area contributed by atoms with Crippen LogP contribution in [0, 0.1) is 18.6 Å². The van der Waals surface area contributed by atoms with Gasteiger partial charge in [0.25, 0.3) is 5.91 Å². The minimum absolute atomic E-state index is 0.192. The van der Waals surface area contributed by atoms with Gasteiger partial charge in [-0.05, 0) is 19.1 Å². The molecule has 3 N–H and O–H groups in total. The van der Waals surface area contributed by atoms with Gasteiger partial charge in [-0.2, -0.15) is 0 Å². The van der Waals surface area contributed by atoms with Crippen LogP contribution in [-0.4, -0.2) is 10.5 Å². The molecule has 0 spiro atoms. The second kappa shape index (κ2) is 5.22. The van der Waals surface area contributed by atoms with E-state index in [1.807, 2.05) is 5.43 Å². The number of nitrogen functional groups attached to an aromatic ring is 1. The molecule has 0 radical (unpaired) electrons. The molecule has 0 aliphatic rings. The van der Waals surface area contributed by atoms with Crippen LogP contribution >= 0.6 is 0 Å². The fourth-order valence-electron chi connectivity index (χ4n) is 1.79. The number of rotatable bonds is 2. The number of hydrogen-bond acceptors (Lipinski definition) is 3. The Morgan fingerprint density at radius 2 is 1.95 bits per heavy atom. The normalized spacial score (nSPS) is 10.4. The van der Waals surface area contributed by atoms with Gasteiger partial charge in [0.05, 0.1) is 0 Å². The lowest BCUT2D eigenvalue weighted by Crippen LogP contribution is -2.34. The average molecular weight is 279 g/mol. The number of benzene rings is 1. The highest BCUT2D eigenvalue weighted by molar-refractivity contribution is 5.93. The number of nitrogens with zero attached hydrogens (tertiary/aromatic N) is 1. The molecule has 2 rings (SSSR count). The van der Waals surface area contributed by atoms with E-state index in [1.54, 1.807) is 6.92 Å². The van der Waals surface area contributed by atoms with Crippen LogP contribution in [0.4, 0.5) is 8.78 Å². The van der Waals surface area contributed by atoms with Gasteiger partial charge < -0.3 is 4.57 Å². The van der Waals surface area contributed by atoms with E-state index < -0.39 is 23.0 Å². The summed E-state index contributed by atoms with van der Waals surface area (Å²) in [6, 6.07) is 4.48. The Kier molecular flexibility index (Phi) is 3.62. The Labute approximate surface area is 112 Å². The lowest BCUT2D eigenvalue weighted by molar-refractivity contribution is 0.0952. The first-order chi connectivity index (χ1) is 9.43. The monoisotopic (exact) mass is 279 g/mol. The summed E-state index contributed by atoms with van der Waals surface area (Å²) in [5.74, 6) is 2.23. The Bertz CT molecular complexity index is 741. The Hall–Kier alpha value is -2.54. The van der Waals surface area contributed by atoms with Crippen LogP contribution in [0.25, 0.3) is 5.69 Å². The maximum Gasteiger partial charge on any atom is 0.270 e. The zero-order valence-corrected chi connectivity index (χ0v) is 10.5. The number of aryl methyl sites for hydroxylation is 1. The number of nitrogens with one attached hydrogen (secondary N) is 1. The Balaban J connectivity index is 2.64. The van der Waals surface area contributed by atoms with E-state index in [-0.39, 0.29) is 11.3 Å². The van der Waals surface area contributed by atoms with Gasteiger partial charge in [0.2, 0.25) is 0 Å². The van der Waals surface area contributed by atoms with Gasteiger partial charge in [0.15, 0.2) is 17.1 Å². The first-order valence-electron chi connectivity index (χ1n) is 5.63. The van der Waals surface area contributed by atoms with Crippen molar-refractivity contribution in [2.75, 3.05) is 0 Å². The van der Waals surface area contributed by atoms with E-state index in [2.05, 4.69) is 0 Å². The van der Waals surface area contributed by atoms with Gasteiger partial charge >= 0.3 is 0 Å². The van der Waals surface area contributed by atoms with Crippen molar-refractivity contribution in [2.45, 2.75) is 6.92 Å². The summed E-state index contributed by atoms with van der Waals surface area (Å²) in [5.41, 5.74) is 1.90. The van der Waals surface area contributed by atoms with E-state index in [9.17, 15) is 18.4 Å². The average Bonchev–Trinajstić information content (AvgIpc) is 2.41. The number of halogens is 2. The van der Waals surface area contributed by atoms with Crippen LogP contribution < -0.4 is 16.7 Å². The molecule has 2 aromatic rings. The summed E-state index contributed by atoms with van der Waals surface area (Å²) in [5, 5.41) is 0. The molecule has 0 unspecified atom stereocenters. The number of amides is 1. The summed E-state index contributed by atoms with van der Waals surface area (Å²) in [4.78, 5) is 23.1. The van der Waals surface area contributed by atoms with Crippen molar-refractivity contribution in [3.8, 4) is 5.69 Å². The number of aromatic nitrogens is 1. The number of nitrogens with two attached hydrogens (primary N) is 1. The van der Waals surface area contributed by atoms with Crippen LogP contribution in [0.3, 0.4) is 0 Å². The maximum atomic E-state index is 13.3. The van der Waals surface area contributed by atoms with E-state index in [0.29, 0.717) is 5.69 Å². The van der Waals surface area contributed by atoms with Gasteiger partial charge in [0, 0.05) is 29.7 Å². The smallest absolute Gasteiger partial charge is 0.270 e. The number of pyridine rings is 1. The van der Waals surface area contributed by atoms with E-state index in [0.717, 1.165) is 12.1 Å². The van der Waals surface area contributed by atoms with Crippen molar-refractivity contribution < 1.29 is 13.6 Å². The highest BCUT2D eigenvalue weighted by atomic mass is 19.2. The molecule has 20 heavy (non-hydrogen) atoms. The lowest BCUT2D eigenvalue weighted by Gasteiger charge is -2.12. The van der Waals surface area contributed by atoms with Crippen molar-refractivity contribution in [2.24, 2.45) is 5.84 Å². The quantitative estimate of drug-likeness (QED) is 0.489. The third kappa shape index (κ3) is 2.43. The Morgan fingerprint density at radius 1 is 1.25 bits per heavy atom. The van der Waals surface area contributed by atoms with Crippen LogP contribution in [0.1, 0.15) is 16.1 Å². The zero-order chi connectivity index (χ0) is 14.9. The fraction of sp³-hybridized carbons (Fsp3) is 0.0769. The molecule has 0 aliphatic carbocycles. The van der Waals surface area contributed by atoms with Crippen LogP contribution in [0.5, 0.6) is 0 Å². The van der Waals surface area contributed by atoms with Gasteiger partial charge in [-0.15, -0.1) is 0 Å². The van der Waals surface area contributed by atoms with Crippen molar-refractivity contribution in [3.63, 3.8) is 0 Å². The molecule has 1 aromatic carbocycles. The minimum atomic E-state index is -1.02. The van der Waals surface area contributed by atoms with E-state index in [4.69, 9.17) is 5.84 Å². The maximum absolute atomic E-state index is 13.3. The molecule has 1 heterocycles. The molecule has 0 fully saturated rings. The first kappa shape index (κ1) is 13.9. The van der Waals surface area contributed by atoms with E-state index >= 15 is 0 Å². The third-order valence-corrected chi connectivity index (χ3v) is 2.80. The summed E-state index contributed by atoms with van der Waals surface area (Å²) in [6.45, 7) is 1.60. The second-order valence-electron chi connectivity index (χ2n) is 4.13. The molecule has 0 aliphatic heterocycles. The molecule has 0 saturated heterocycles. The van der Waals surface area contributed by atoms with Crippen molar-refractivity contribution in [3.05, 3.63) is 63.6 Å². The lowest BCUT2D eigenvalue weighted by atomic mass is 10.2. The molecule has 1 amide bonds. The van der Waals surface area contributed by atoms with Crippen molar-refractivity contribution in [1.82, 2.24) is 9.99 Å². The van der Waals surface area contributed by atoms with Crippen molar-refractivity contribution in [1.29, 1.82) is 0 Å². The molecule has 0 bridgehead atoms. The molecular weight excluding hydrogens is 268 g/mol. The van der Waals surface area contributed by atoms with Gasteiger partial charge in [-0.3, -0.25) is 15.0 Å². The Morgan fingerprint density at radius 3 is 2.55 bits per heavy atom. The number of carbonyl (C=O) groups is 1. The molecule has 1 aromatic heterocycles. The van der Waals surface area contributed by atoms with Crippen LogP contribution in [0.2, 0.25) is 0 Å². The molecular formula is C13H11F2N3O2. The predicted molar refractivity (Wildman–Crippen MR) is 68.3 cm³/mol. The molecule has 0 atom stereocenters. The standard InChI is InChI=1S/C13H11F2N3O2/c1-7-4-12(19)9(13(20)17-16)6-18(7)8-2-3-10(14)11(15)5-8/h2-6H,16H2,1H3,(H,17,20). The van der Waals surface area contributed by atoms with E-state index in [1.165, 1.54) is 22.9 Å². The first-order valence-corrected chi connectivity index (χ1v) is 5.63. The molecule has 5 nitrogen and oxygen atoms in total. The predicted octanol–water partition coefficient (Wildman–Crippen LogP) is 1.03. The highest BCUT2D eigenvalue weighted by Crippen LogP contribution is 2.15. The number of hydrazine groups is 1. The summed E-state index contributed by atoms with van der Waals surface area (Å²) in [6.07, 6.45) is 1.23.